The monoisotopic (exact) mass is 146 g/mol. The van der Waals surface area contributed by atoms with E-state index in [-0.39, 0.29) is 0 Å². The summed E-state index contributed by atoms with van der Waals surface area (Å²) in [6.07, 6.45) is 0. The van der Waals surface area contributed by atoms with Crippen LogP contribution in [0.1, 0.15) is 0 Å². The Morgan fingerprint density at radius 3 is 2.60 bits per heavy atom. The molecule has 0 bridgehead atoms. The van der Waals surface area contributed by atoms with E-state index in [2.05, 4.69) is 4.98 Å². The SMILES string of the molecule is Nc1nc(F)c(O)cc1F. The Balaban J connectivity index is 3.28. The zero-order valence-electron chi connectivity index (χ0n) is 4.81. The van der Waals surface area contributed by atoms with Crippen LogP contribution in [0.25, 0.3) is 0 Å². The summed E-state index contributed by atoms with van der Waals surface area (Å²) < 4.78 is 24.4. The number of nitrogens with two attached hydrogens (primary N) is 1. The van der Waals surface area contributed by atoms with Crippen molar-refractivity contribution >= 4 is 5.82 Å². The third-order valence-electron chi connectivity index (χ3n) is 0.938. The molecular formula is C5H4F2N2O. The molecule has 0 fully saturated rings. The number of rotatable bonds is 0. The third-order valence-corrected chi connectivity index (χ3v) is 0.938. The molecule has 1 rings (SSSR count). The van der Waals surface area contributed by atoms with Gasteiger partial charge >= 0.3 is 0 Å². The zero-order valence-corrected chi connectivity index (χ0v) is 4.81. The van der Waals surface area contributed by atoms with Crippen LogP contribution in [0, 0.1) is 11.8 Å². The minimum Gasteiger partial charge on any atom is -0.504 e. The highest BCUT2D eigenvalue weighted by Gasteiger charge is 2.06. The van der Waals surface area contributed by atoms with E-state index in [1.54, 1.807) is 0 Å². The smallest absolute Gasteiger partial charge is 0.257 e. The van der Waals surface area contributed by atoms with E-state index in [1.165, 1.54) is 0 Å². The highest BCUT2D eigenvalue weighted by molar-refractivity contribution is 5.34. The van der Waals surface area contributed by atoms with Crippen LogP contribution in [0.5, 0.6) is 5.75 Å². The van der Waals surface area contributed by atoms with Gasteiger partial charge in [-0.1, -0.05) is 0 Å². The summed E-state index contributed by atoms with van der Waals surface area (Å²) in [5, 5.41) is 8.49. The van der Waals surface area contributed by atoms with Gasteiger partial charge in [0.25, 0.3) is 5.95 Å². The average Bonchev–Trinajstić information content (AvgIpc) is 1.84. The van der Waals surface area contributed by atoms with Crippen molar-refractivity contribution in [2.75, 3.05) is 5.73 Å². The normalized spacial score (nSPS) is 9.80. The molecule has 1 aromatic heterocycles. The molecule has 0 amide bonds. The molecule has 10 heavy (non-hydrogen) atoms. The van der Waals surface area contributed by atoms with Gasteiger partial charge in [0.1, 0.15) is 0 Å². The van der Waals surface area contributed by atoms with Crippen LogP contribution in [0.3, 0.4) is 0 Å². The summed E-state index contributed by atoms with van der Waals surface area (Å²) in [6, 6.07) is 0.567. The van der Waals surface area contributed by atoms with Crippen LogP contribution in [0.2, 0.25) is 0 Å². The van der Waals surface area contributed by atoms with Crippen LogP contribution >= 0.6 is 0 Å². The Hall–Kier alpha value is -1.39. The van der Waals surface area contributed by atoms with Crippen molar-refractivity contribution in [1.82, 2.24) is 4.98 Å². The maximum atomic E-state index is 12.2. The fraction of sp³-hybridized carbons (Fsp3) is 0. The van der Waals surface area contributed by atoms with E-state index in [9.17, 15) is 8.78 Å². The molecule has 0 aliphatic rings. The maximum absolute atomic E-state index is 12.2. The number of nitrogen functional groups attached to an aromatic ring is 1. The van der Waals surface area contributed by atoms with E-state index in [4.69, 9.17) is 10.8 Å². The predicted molar refractivity (Wildman–Crippen MR) is 30.2 cm³/mol. The van der Waals surface area contributed by atoms with Crippen molar-refractivity contribution in [3.8, 4) is 5.75 Å². The van der Waals surface area contributed by atoms with E-state index in [0.717, 1.165) is 0 Å². The van der Waals surface area contributed by atoms with Crippen molar-refractivity contribution in [1.29, 1.82) is 0 Å². The molecule has 5 heteroatoms. The number of aromatic hydroxyl groups is 1. The molecule has 0 unspecified atom stereocenters. The van der Waals surface area contributed by atoms with Gasteiger partial charge in [0.15, 0.2) is 17.4 Å². The molecule has 0 saturated carbocycles. The van der Waals surface area contributed by atoms with Gasteiger partial charge in [-0.25, -0.2) is 4.39 Å². The summed E-state index contributed by atoms with van der Waals surface area (Å²) in [7, 11) is 0. The Kier molecular flexibility index (Phi) is 1.41. The average molecular weight is 146 g/mol. The molecule has 0 atom stereocenters. The predicted octanol–water partition coefficient (Wildman–Crippen LogP) is 0.648. The van der Waals surface area contributed by atoms with E-state index in [0.29, 0.717) is 6.07 Å². The zero-order chi connectivity index (χ0) is 7.72. The van der Waals surface area contributed by atoms with Crippen molar-refractivity contribution in [2.24, 2.45) is 0 Å². The molecule has 0 radical (unpaired) electrons. The van der Waals surface area contributed by atoms with Gasteiger partial charge in [-0.3, -0.25) is 0 Å². The molecule has 1 heterocycles. The first-order chi connectivity index (χ1) is 4.61. The number of halogens is 2. The molecule has 54 valence electrons. The van der Waals surface area contributed by atoms with Crippen LogP contribution in [-0.2, 0) is 0 Å². The highest BCUT2D eigenvalue weighted by Crippen LogP contribution is 2.17. The second-order valence-electron chi connectivity index (χ2n) is 1.67. The number of anilines is 1. The van der Waals surface area contributed by atoms with Crippen molar-refractivity contribution in [3.05, 3.63) is 17.8 Å². The lowest BCUT2D eigenvalue weighted by Gasteiger charge is -1.96. The molecule has 1 aromatic rings. The van der Waals surface area contributed by atoms with Gasteiger partial charge in [-0.15, -0.1) is 0 Å². The quantitative estimate of drug-likeness (QED) is 0.528. The lowest BCUT2D eigenvalue weighted by molar-refractivity contribution is 0.413. The van der Waals surface area contributed by atoms with Crippen LogP contribution in [-0.4, -0.2) is 10.1 Å². The van der Waals surface area contributed by atoms with Gasteiger partial charge in [0.2, 0.25) is 0 Å². The van der Waals surface area contributed by atoms with Crippen LogP contribution in [0.15, 0.2) is 6.07 Å². The summed E-state index contributed by atoms with van der Waals surface area (Å²) in [6.45, 7) is 0. The summed E-state index contributed by atoms with van der Waals surface area (Å²) in [5.74, 6) is -3.50. The highest BCUT2D eigenvalue weighted by atomic mass is 19.1. The van der Waals surface area contributed by atoms with Crippen molar-refractivity contribution in [2.45, 2.75) is 0 Å². The molecule has 3 nitrogen and oxygen atoms in total. The minimum atomic E-state index is -1.17. The van der Waals surface area contributed by atoms with Gasteiger partial charge in [-0.2, -0.15) is 9.37 Å². The number of nitrogens with zero attached hydrogens (tertiary/aromatic N) is 1. The lowest BCUT2D eigenvalue weighted by atomic mass is 10.4. The summed E-state index contributed by atoms with van der Waals surface area (Å²) >= 11 is 0. The molecule has 3 N–H and O–H groups in total. The number of hydrogen-bond acceptors (Lipinski definition) is 3. The summed E-state index contributed by atoms with van der Waals surface area (Å²) in [4.78, 5) is 2.86. The second-order valence-corrected chi connectivity index (χ2v) is 1.67. The Morgan fingerprint density at radius 1 is 1.50 bits per heavy atom. The number of aromatic nitrogens is 1. The first-order valence-corrected chi connectivity index (χ1v) is 2.41. The van der Waals surface area contributed by atoms with Crippen LogP contribution in [0.4, 0.5) is 14.6 Å². The standard InChI is InChI=1S/C5H4F2N2O/c6-2-1-3(10)4(7)9-5(2)8/h1,10H,(H2,8,9). The van der Waals surface area contributed by atoms with Gasteiger partial charge in [0.05, 0.1) is 0 Å². The number of hydrogen-bond donors (Lipinski definition) is 2. The summed E-state index contributed by atoms with van der Waals surface area (Å²) in [5.41, 5.74) is 4.85. The van der Waals surface area contributed by atoms with Crippen LogP contribution < -0.4 is 5.73 Å². The van der Waals surface area contributed by atoms with Gasteiger partial charge in [0, 0.05) is 6.07 Å². The van der Waals surface area contributed by atoms with E-state index >= 15 is 0 Å². The molecule has 0 aliphatic heterocycles. The first kappa shape index (κ1) is 6.73. The van der Waals surface area contributed by atoms with E-state index in [1.807, 2.05) is 0 Å². The minimum absolute atomic E-state index is 0.560. The Morgan fingerprint density at radius 2 is 2.10 bits per heavy atom. The molecule has 0 saturated heterocycles. The molecular weight excluding hydrogens is 142 g/mol. The lowest BCUT2D eigenvalue weighted by Crippen LogP contribution is -1.96. The molecule has 0 spiro atoms. The fourth-order valence-electron chi connectivity index (χ4n) is 0.470. The fourth-order valence-corrected chi connectivity index (χ4v) is 0.470. The largest absolute Gasteiger partial charge is 0.504 e. The Bertz CT molecular complexity index is 214. The number of pyridine rings is 1. The van der Waals surface area contributed by atoms with Gasteiger partial charge < -0.3 is 10.8 Å². The van der Waals surface area contributed by atoms with Gasteiger partial charge in [-0.05, 0) is 0 Å². The Labute approximate surface area is 55.1 Å². The van der Waals surface area contributed by atoms with Crippen molar-refractivity contribution < 1.29 is 13.9 Å². The molecule has 0 aliphatic carbocycles. The molecule has 0 aromatic carbocycles. The third kappa shape index (κ3) is 0.975. The maximum Gasteiger partial charge on any atom is 0.257 e. The topological polar surface area (TPSA) is 59.1 Å². The van der Waals surface area contributed by atoms with E-state index < -0.39 is 23.3 Å². The second kappa shape index (κ2) is 2.09. The first-order valence-electron chi connectivity index (χ1n) is 2.41. The van der Waals surface area contributed by atoms with Crippen molar-refractivity contribution in [3.63, 3.8) is 0 Å².